The highest BCUT2D eigenvalue weighted by atomic mass is 19.1. The largest absolute Gasteiger partial charge is 0.462 e. The molecule has 0 amide bonds. The van der Waals surface area contributed by atoms with Gasteiger partial charge in [0, 0.05) is 6.54 Å². The molecule has 100 valence electrons. The molecule has 0 aliphatic carbocycles. The maximum atomic E-state index is 13.2. The minimum absolute atomic E-state index is 0.00833. The molecule has 0 atom stereocenters. The number of esters is 1. The van der Waals surface area contributed by atoms with Gasteiger partial charge in [-0.1, -0.05) is 13.8 Å². The quantitative estimate of drug-likeness (QED) is 0.763. The van der Waals surface area contributed by atoms with Crippen molar-refractivity contribution in [1.29, 1.82) is 0 Å². The first-order valence-electron chi connectivity index (χ1n) is 5.94. The average molecular weight is 256 g/mol. The van der Waals surface area contributed by atoms with E-state index in [1.165, 1.54) is 0 Å². The predicted molar refractivity (Wildman–Crippen MR) is 66.4 cm³/mol. The Balaban J connectivity index is 3.02. The van der Waals surface area contributed by atoms with Crippen molar-refractivity contribution in [2.45, 2.75) is 26.7 Å². The van der Waals surface area contributed by atoms with E-state index in [0.29, 0.717) is 13.0 Å². The van der Waals surface area contributed by atoms with Crippen LogP contribution in [0.3, 0.4) is 0 Å². The number of aromatic amines is 1. The van der Waals surface area contributed by atoms with Gasteiger partial charge in [-0.15, -0.1) is 0 Å². The highest BCUT2D eigenvalue weighted by Crippen LogP contribution is 2.13. The summed E-state index contributed by atoms with van der Waals surface area (Å²) in [6.07, 6.45) is 1.48. The number of hydrogen-bond donors (Lipinski definition) is 2. The minimum atomic E-state index is -1.000. The first kappa shape index (κ1) is 14.2. The summed E-state index contributed by atoms with van der Waals surface area (Å²) in [7, 11) is 0. The van der Waals surface area contributed by atoms with Crippen molar-refractivity contribution in [2.75, 3.05) is 18.5 Å². The van der Waals surface area contributed by atoms with Crippen molar-refractivity contribution in [3.63, 3.8) is 0 Å². The predicted octanol–water partition coefficient (Wildman–Crippen LogP) is 1.90. The lowest BCUT2D eigenvalue weighted by Gasteiger charge is -2.10. The molecule has 0 radical (unpaired) electrons. The van der Waals surface area contributed by atoms with E-state index in [2.05, 4.69) is 10.3 Å². The molecule has 0 aliphatic rings. The number of carbonyl (C=O) groups excluding carboxylic acids is 1. The van der Waals surface area contributed by atoms with Crippen LogP contribution in [-0.2, 0) is 4.74 Å². The van der Waals surface area contributed by atoms with E-state index >= 15 is 0 Å². The summed E-state index contributed by atoms with van der Waals surface area (Å²) in [5.74, 6) is -1.45. The molecule has 18 heavy (non-hydrogen) atoms. The Kier molecular flexibility index (Phi) is 5.35. The molecule has 6 heteroatoms. The summed E-state index contributed by atoms with van der Waals surface area (Å²) in [4.78, 5) is 25.2. The molecule has 0 spiro atoms. The molecule has 1 rings (SSSR count). The third kappa shape index (κ3) is 3.58. The second kappa shape index (κ2) is 6.78. The summed E-state index contributed by atoms with van der Waals surface area (Å²) in [6, 6.07) is 0.898. The molecule has 0 fully saturated rings. The molecule has 1 heterocycles. The van der Waals surface area contributed by atoms with Gasteiger partial charge in [0.2, 0.25) is 0 Å². The van der Waals surface area contributed by atoms with Crippen molar-refractivity contribution in [3.05, 3.63) is 27.8 Å². The fourth-order valence-corrected chi connectivity index (χ4v) is 1.33. The number of aromatic nitrogens is 1. The van der Waals surface area contributed by atoms with Crippen LogP contribution in [0.4, 0.5) is 10.2 Å². The van der Waals surface area contributed by atoms with Gasteiger partial charge in [-0.3, -0.25) is 4.79 Å². The summed E-state index contributed by atoms with van der Waals surface area (Å²) >= 11 is 0. The molecule has 1 aromatic rings. The van der Waals surface area contributed by atoms with Crippen LogP contribution in [0.2, 0.25) is 0 Å². The number of hydrogen-bond acceptors (Lipinski definition) is 4. The fourth-order valence-electron chi connectivity index (χ4n) is 1.33. The fraction of sp³-hybridized carbons (Fsp3) is 0.500. The van der Waals surface area contributed by atoms with Crippen molar-refractivity contribution < 1.29 is 13.9 Å². The van der Waals surface area contributed by atoms with E-state index in [1.54, 1.807) is 0 Å². The van der Waals surface area contributed by atoms with E-state index in [9.17, 15) is 14.0 Å². The molecule has 2 N–H and O–H groups in total. The maximum Gasteiger partial charge on any atom is 0.341 e. The van der Waals surface area contributed by atoms with Gasteiger partial charge >= 0.3 is 5.97 Å². The number of rotatable bonds is 6. The molecule has 0 aromatic carbocycles. The summed E-state index contributed by atoms with van der Waals surface area (Å²) in [6.45, 7) is 4.61. The van der Waals surface area contributed by atoms with Gasteiger partial charge in [-0.05, 0) is 18.9 Å². The maximum absolute atomic E-state index is 13.2. The van der Waals surface area contributed by atoms with Gasteiger partial charge in [0.1, 0.15) is 11.4 Å². The number of ether oxygens (including phenoxy) is 1. The van der Waals surface area contributed by atoms with Crippen LogP contribution in [0.15, 0.2) is 10.9 Å². The van der Waals surface area contributed by atoms with Crippen LogP contribution < -0.4 is 10.9 Å². The Morgan fingerprint density at radius 2 is 2.17 bits per heavy atom. The van der Waals surface area contributed by atoms with Crippen LogP contribution in [0.5, 0.6) is 0 Å². The number of H-pyrrole nitrogens is 1. The number of nitrogens with one attached hydrogen (secondary N) is 2. The summed E-state index contributed by atoms with van der Waals surface area (Å²) in [5.41, 5.74) is -0.852. The van der Waals surface area contributed by atoms with E-state index in [1.807, 2.05) is 13.8 Å². The van der Waals surface area contributed by atoms with Gasteiger partial charge in [0.25, 0.3) is 5.56 Å². The highest BCUT2D eigenvalue weighted by Gasteiger charge is 2.16. The second-order valence-electron chi connectivity index (χ2n) is 3.80. The zero-order chi connectivity index (χ0) is 13.5. The zero-order valence-corrected chi connectivity index (χ0v) is 10.5. The van der Waals surface area contributed by atoms with Crippen LogP contribution in [-0.4, -0.2) is 24.1 Å². The van der Waals surface area contributed by atoms with Crippen molar-refractivity contribution in [2.24, 2.45) is 0 Å². The molecule has 1 aromatic heterocycles. The lowest BCUT2D eigenvalue weighted by atomic mass is 10.2. The Labute approximate surface area is 104 Å². The average Bonchev–Trinajstić information content (AvgIpc) is 2.36. The molecular weight excluding hydrogens is 239 g/mol. The van der Waals surface area contributed by atoms with Crippen LogP contribution in [0.25, 0.3) is 0 Å². The van der Waals surface area contributed by atoms with E-state index in [4.69, 9.17) is 4.74 Å². The van der Waals surface area contributed by atoms with Gasteiger partial charge in [-0.25, -0.2) is 9.18 Å². The minimum Gasteiger partial charge on any atom is -0.462 e. The first-order valence-corrected chi connectivity index (χ1v) is 5.94. The third-order valence-corrected chi connectivity index (χ3v) is 2.20. The topological polar surface area (TPSA) is 71.2 Å². The van der Waals surface area contributed by atoms with Crippen molar-refractivity contribution in [3.8, 4) is 0 Å². The van der Waals surface area contributed by atoms with Crippen LogP contribution in [0.1, 0.15) is 37.0 Å². The van der Waals surface area contributed by atoms with Gasteiger partial charge in [0.15, 0.2) is 5.82 Å². The van der Waals surface area contributed by atoms with E-state index in [-0.39, 0.29) is 18.0 Å². The molecule has 0 bridgehead atoms. The molecule has 0 saturated carbocycles. The highest BCUT2D eigenvalue weighted by molar-refractivity contribution is 5.94. The van der Waals surface area contributed by atoms with Crippen molar-refractivity contribution >= 4 is 11.8 Å². The Morgan fingerprint density at radius 3 is 2.78 bits per heavy atom. The summed E-state index contributed by atoms with van der Waals surface area (Å²) < 4.78 is 18.1. The second-order valence-corrected chi connectivity index (χ2v) is 3.80. The van der Waals surface area contributed by atoms with Gasteiger partial charge in [0.05, 0.1) is 6.61 Å². The lowest BCUT2D eigenvalue weighted by Crippen LogP contribution is -2.20. The van der Waals surface area contributed by atoms with Crippen LogP contribution in [0, 0.1) is 5.82 Å². The molecule has 0 saturated heterocycles. The Hall–Kier alpha value is -1.85. The van der Waals surface area contributed by atoms with Crippen molar-refractivity contribution in [1.82, 2.24) is 4.98 Å². The van der Waals surface area contributed by atoms with E-state index < -0.39 is 17.3 Å². The van der Waals surface area contributed by atoms with Crippen LogP contribution >= 0.6 is 0 Å². The standard InChI is InChI=1S/C12H17FN2O3/c1-3-5-14-10-8(12(17)18-6-4-2)7-9(13)11(16)15-10/h7H,3-6H2,1-2H3,(H2,14,15,16). The molecule has 0 aliphatic heterocycles. The number of pyridine rings is 1. The zero-order valence-electron chi connectivity index (χ0n) is 10.5. The monoisotopic (exact) mass is 256 g/mol. The van der Waals surface area contributed by atoms with Gasteiger partial charge in [-0.2, -0.15) is 0 Å². The first-order chi connectivity index (χ1) is 8.60. The summed E-state index contributed by atoms with van der Waals surface area (Å²) in [5, 5.41) is 2.87. The Morgan fingerprint density at radius 1 is 1.44 bits per heavy atom. The van der Waals surface area contributed by atoms with E-state index in [0.717, 1.165) is 12.5 Å². The SMILES string of the molecule is CCCNc1[nH]c(=O)c(F)cc1C(=O)OCCC. The smallest absolute Gasteiger partial charge is 0.341 e. The lowest BCUT2D eigenvalue weighted by molar-refractivity contribution is 0.0505. The normalized spacial score (nSPS) is 10.2. The number of anilines is 1. The number of carbonyl (C=O) groups is 1. The molecule has 0 unspecified atom stereocenters. The molecular formula is C12H17FN2O3. The third-order valence-electron chi connectivity index (χ3n) is 2.20. The Bertz CT molecular complexity index is 471. The molecule has 5 nitrogen and oxygen atoms in total. The van der Waals surface area contributed by atoms with Gasteiger partial charge < -0.3 is 15.0 Å². The number of halogens is 1.